The van der Waals surface area contributed by atoms with Gasteiger partial charge in [-0.1, -0.05) is 45.0 Å². The fourth-order valence-corrected chi connectivity index (χ4v) is 1.87. The summed E-state index contributed by atoms with van der Waals surface area (Å²) in [6, 6.07) is 16.6. The van der Waals surface area contributed by atoms with Crippen LogP contribution in [0.15, 0.2) is 48.5 Å². The van der Waals surface area contributed by atoms with E-state index in [0.717, 1.165) is 17.9 Å². The smallest absolute Gasteiger partial charge is 0.127 e. The minimum Gasteiger partial charge on any atom is -0.457 e. The minimum atomic E-state index is 0.524. The maximum atomic E-state index is 5.87. The van der Waals surface area contributed by atoms with E-state index in [1.54, 1.807) is 0 Å². The highest BCUT2D eigenvalue weighted by Crippen LogP contribution is 2.25. The molecule has 0 radical (unpaired) electrons. The topological polar surface area (TPSA) is 9.23 Å². The van der Waals surface area contributed by atoms with Crippen molar-refractivity contribution in [1.29, 1.82) is 0 Å². The van der Waals surface area contributed by atoms with Crippen molar-refractivity contribution in [2.75, 3.05) is 0 Å². The molecule has 0 amide bonds. The van der Waals surface area contributed by atoms with Crippen LogP contribution in [-0.4, -0.2) is 0 Å². The first-order valence-electron chi connectivity index (χ1n) is 6.56. The monoisotopic (exact) mass is 240 g/mol. The SMILES string of the molecule is CCc1ccc(Oc2cccc(C(C)C)c2)cc1. The molecule has 0 unspecified atom stereocenters. The van der Waals surface area contributed by atoms with E-state index in [2.05, 4.69) is 45.0 Å². The van der Waals surface area contributed by atoms with Crippen molar-refractivity contribution in [1.82, 2.24) is 0 Å². The van der Waals surface area contributed by atoms with Gasteiger partial charge >= 0.3 is 0 Å². The van der Waals surface area contributed by atoms with Crippen molar-refractivity contribution in [3.8, 4) is 11.5 Å². The Morgan fingerprint density at radius 3 is 2.28 bits per heavy atom. The van der Waals surface area contributed by atoms with E-state index in [4.69, 9.17) is 4.74 Å². The van der Waals surface area contributed by atoms with Gasteiger partial charge in [-0.2, -0.15) is 0 Å². The van der Waals surface area contributed by atoms with Crippen LogP contribution in [0.2, 0.25) is 0 Å². The average Bonchev–Trinajstić information content (AvgIpc) is 2.40. The molecule has 2 rings (SSSR count). The van der Waals surface area contributed by atoms with E-state index in [1.807, 2.05) is 24.3 Å². The number of aryl methyl sites for hydroxylation is 1. The van der Waals surface area contributed by atoms with Crippen LogP contribution >= 0.6 is 0 Å². The molecule has 0 saturated carbocycles. The first-order valence-corrected chi connectivity index (χ1v) is 6.56. The predicted octanol–water partition coefficient (Wildman–Crippen LogP) is 5.16. The van der Waals surface area contributed by atoms with E-state index in [0.29, 0.717) is 5.92 Å². The van der Waals surface area contributed by atoms with Crippen molar-refractivity contribution in [3.63, 3.8) is 0 Å². The molecule has 0 N–H and O–H groups in total. The van der Waals surface area contributed by atoms with Gasteiger partial charge in [0.15, 0.2) is 0 Å². The first-order chi connectivity index (χ1) is 8.69. The van der Waals surface area contributed by atoms with Gasteiger partial charge in [-0.3, -0.25) is 0 Å². The Labute approximate surface area is 109 Å². The Hall–Kier alpha value is -1.76. The number of rotatable bonds is 4. The first kappa shape index (κ1) is 12.7. The lowest BCUT2D eigenvalue weighted by atomic mass is 10.0. The second-order valence-electron chi connectivity index (χ2n) is 4.83. The van der Waals surface area contributed by atoms with E-state index in [9.17, 15) is 0 Å². The van der Waals surface area contributed by atoms with Gasteiger partial charge in [-0.05, 0) is 47.7 Å². The van der Waals surface area contributed by atoms with Gasteiger partial charge in [-0.15, -0.1) is 0 Å². The summed E-state index contributed by atoms with van der Waals surface area (Å²) in [5.41, 5.74) is 2.64. The average molecular weight is 240 g/mol. The van der Waals surface area contributed by atoms with Crippen LogP contribution in [0.4, 0.5) is 0 Å². The van der Waals surface area contributed by atoms with Gasteiger partial charge in [0, 0.05) is 0 Å². The molecule has 0 aliphatic rings. The maximum absolute atomic E-state index is 5.87. The molecule has 2 aromatic rings. The Morgan fingerprint density at radius 2 is 1.67 bits per heavy atom. The summed E-state index contributed by atoms with van der Waals surface area (Å²) < 4.78 is 5.87. The summed E-state index contributed by atoms with van der Waals surface area (Å²) in [6.45, 7) is 6.53. The number of benzene rings is 2. The van der Waals surface area contributed by atoms with E-state index in [-0.39, 0.29) is 0 Å². The number of hydrogen-bond donors (Lipinski definition) is 0. The molecule has 2 aromatic carbocycles. The zero-order valence-electron chi connectivity index (χ0n) is 11.3. The van der Waals surface area contributed by atoms with E-state index >= 15 is 0 Å². The lowest BCUT2D eigenvalue weighted by Gasteiger charge is -2.10. The largest absolute Gasteiger partial charge is 0.457 e. The summed E-state index contributed by atoms with van der Waals surface area (Å²) in [4.78, 5) is 0. The molecular weight excluding hydrogens is 220 g/mol. The molecule has 0 aliphatic heterocycles. The van der Waals surface area contributed by atoms with Crippen LogP contribution in [0.3, 0.4) is 0 Å². The molecule has 18 heavy (non-hydrogen) atoms. The third-order valence-electron chi connectivity index (χ3n) is 3.09. The lowest BCUT2D eigenvalue weighted by Crippen LogP contribution is -1.89. The number of hydrogen-bond acceptors (Lipinski definition) is 1. The molecule has 0 heterocycles. The van der Waals surface area contributed by atoms with Crippen LogP contribution in [-0.2, 0) is 6.42 Å². The zero-order valence-corrected chi connectivity index (χ0v) is 11.3. The normalized spacial score (nSPS) is 10.7. The molecular formula is C17H20O. The van der Waals surface area contributed by atoms with Gasteiger partial charge in [0.25, 0.3) is 0 Å². The van der Waals surface area contributed by atoms with E-state index in [1.165, 1.54) is 11.1 Å². The molecule has 0 aromatic heterocycles. The molecule has 0 spiro atoms. The van der Waals surface area contributed by atoms with Crippen molar-refractivity contribution in [3.05, 3.63) is 59.7 Å². The third kappa shape index (κ3) is 3.13. The highest BCUT2D eigenvalue weighted by Gasteiger charge is 2.02. The summed E-state index contributed by atoms with van der Waals surface area (Å²) in [7, 11) is 0. The van der Waals surface area contributed by atoms with Gasteiger partial charge in [0.05, 0.1) is 0 Å². The van der Waals surface area contributed by atoms with Gasteiger partial charge in [0.2, 0.25) is 0 Å². The van der Waals surface area contributed by atoms with Crippen molar-refractivity contribution < 1.29 is 4.74 Å². The Bertz CT molecular complexity index is 497. The standard InChI is InChI=1S/C17H20O/c1-4-14-8-10-16(11-9-14)18-17-7-5-6-15(12-17)13(2)3/h5-13H,4H2,1-3H3. The van der Waals surface area contributed by atoms with Crippen LogP contribution in [0, 0.1) is 0 Å². The highest BCUT2D eigenvalue weighted by molar-refractivity contribution is 5.36. The quantitative estimate of drug-likeness (QED) is 0.716. The Morgan fingerprint density at radius 1 is 0.944 bits per heavy atom. The molecule has 0 aliphatic carbocycles. The van der Waals surface area contributed by atoms with Gasteiger partial charge in [0.1, 0.15) is 11.5 Å². The summed E-state index contributed by atoms with van der Waals surface area (Å²) in [6.07, 6.45) is 1.06. The van der Waals surface area contributed by atoms with Gasteiger partial charge < -0.3 is 4.74 Å². The molecule has 0 bridgehead atoms. The van der Waals surface area contributed by atoms with Crippen LogP contribution in [0.25, 0.3) is 0 Å². The second kappa shape index (κ2) is 5.72. The lowest BCUT2D eigenvalue weighted by molar-refractivity contribution is 0.481. The van der Waals surface area contributed by atoms with Gasteiger partial charge in [-0.25, -0.2) is 0 Å². The fourth-order valence-electron chi connectivity index (χ4n) is 1.87. The molecule has 94 valence electrons. The second-order valence-corrected chi connectivity index (χ2v) is 4.83. The minimum absolute atomic E-state index is 0.524. The van der Waals surface area contributed by atoms with E-state index < -0.39 is 0 Å². The summed E-state index contributed by atoms with van der Waals surface area (Å²) in [5.74, 6) is 2.33. The van der Waals surface area contributed by atoms with Crippen molar-refractivity contribution in [2.24, 2.45) is 0 Å². The van der Waals surface area contributed by atoms with Crippen LogP contribution in [0.1, 0.15) is 37.8 Å². The summed E-state index contributed by atoms with van der Waals surface area (Å²) >= 11 is 0. The van der Waals surface area contributed by atoms with Crippen LogP contribution in [0.5, 0.6) is 11.5 Å². The Balaban J connectivity index is 2.15. The third-order valence-corrected chi connectivity index (χ3v) is 3.09. The van der Waals surface area contributed by atoms with Crippen LogP contribution < -0.4 is 4.74 Å². The number of ether oxygens (including phenoxy) is 1. The molecule has 0 saturated heterocycles. The summed E-state index contributed by atoms with van der Waals surface area (Å²) in [5, 5.41) is 0. The highest BCUT2D eigenvalue weighted by atomic mass is 16.5. The van der Waals surface area contributed by atoms with Crippen molar-refractivity contribution >= 4 is 0 Å². The molecule has 0 fully saturated rings. The fraction of sp³-hybridized carbons (Fsp3) is 0.294. The maximum Gasteiger partial charge on any atom is 0.127 e. The molecule has 0 atom stereocenters. The zero-order chi connectivity index (χ0) is 13.0. The van der Waals surface area contributed by atoms with Crippen molar-refractivity contribution in [2.45, 2.75) is 33.1 Å². The predicted molar refractivity (Wildman–Crippen MR) is 76.4 cm³/mol. The molecule has 1 nitrogen and oxygen atoms in total. The molecule has 1 heteroatoms. The Kier molecular flexibility index (Phi) is 4.03.